The molecule has 0 fully saturated rings. The van der Waals surface area contributed by atoms with Gasteiger partial charge in [0.25, 0.3) is 0 Å². The Bertz CT molecular complexity index is 1470. The Morgan fingerprint density at radius 1 is 0.275 bits per heavy atom. The van der Waals surface area contributed by atoms with Crippen LogP contribution in [0.4, 0.5) is 0 Å². The van der Waals surface area contributed by atoms with Crippen LogP contribution in [-0.4, -0.2) is 158 Å². The first-order valence-electron chi connectivity index (χ1n) is 28.8. The van der Waals surface area contributed by atoms with Crippen LogP contribution in [0.2, 0.25) is 0 Å². The molecule has 23 heteroatoms. The maximum absolute atomic E-state index is 11.5. The van der Waals surface area contributed by atoms with Crippen LogP contribution in [0.25, 0.3) is 0 Å². The van der Waals surface area contributed by atoms with Crippen LogP contribution in [-0.2, 0) is 57.4 Å². The third-order valence-corrected chi connectivity index (χ3v) is 12.8. The zero-order valence-corrected chi connectivity index (χ0v) is 55.2. The van der Waals surface area contributed by atoms with Crippen molar-refractivity contribution in [3.8, 4) is 0 Å². The molecule has 0 spiro atoms. The van der Waals surface area contributed by atoms with E-state index in [0.717, 1.165) is 57.8 Å². The number of hydrogen-bond donors (Lipinski definition) is 3. The van der Waals surface area contributed by atoms with Gasteiger partial charge in [-0.1, -0.05) is 213 Å². The van der Waals surface area contributed by atoms with E-state index in [0.29, 0.717) is 19.3 Å². The fourth-order valence-corrected chi connectivity index (χ4v) is 8.06. The molecule has 0 amide bonds. The summed E-state index contributed by atoms with van der Waals surface area (Å²) in [4.78, 5) is 98.4. The van der Waals surface area contributed by atoms with E-state index in [9.17, 15) is 89.1 Å². The fourth-order valence-electron chi connectivity index (χ4n) is 8.06. The van der Waals surface area contributed by atoms with Gasteiger partial charge in [-0.05, 0) is 19.3 Å². The quantitative estimate of drug-likeness (QED) is 0.0338. The number of rotatable bonds is 51. The minimum Gasteiger partial charge on any atom is -0.550 e. The van der Waals surface area contributed by atoms with Crippen molar-refractivity contribution in [2.45, 2.75) is 288 Å². The third kappa shape index (κ3) is 54.1. The monoisotopic (exact) mass is 1530 g/mol. The first-order valence-corrected chi connectivity index (χ1v) is 28.8. The molecule has 0 heterocycles. The molecule has 460 valence electrons. The van der Waals surface area contributed by atoms with Crippen LogP contribution in [0.1, 0.15) is 271 Å². The van der Waals surface area contributed by atoms with Crippen molar-refractivity contribution in [2.75, 3.05) is 19.8 Å². The van der Waals surface area contributed by atoms with Crippen molar-refractivity contribution >= 4 is 106 Å². The van der Waals surface area contributed by atoms with E-state index >= 15 is 0 Å². The molecule has 0 aliphatic heterocycles. The second kappa shape index (κ2) is 56.4. The van der Waals surface area contributed by atoms with E-state index in [1.54, 1.807) is 0 Å². The topological polar surface area (TPSA) is 380 Å². The second-order valence-electron chi connectivity index (χ2n) is 20.4. The second-order valence-corrected chi connectivity index (χ2v) is 20.4. The molecule has 3 N–H and O–H groups in total. The predicted octanol–water partition coefficient (Wildman–Crippen LogP) is 1.79. The van der Waals surface area contributed by atoms with E-state index in [1.807, 2.05) is 0 Å². The van der Waals surface area contributed by atoms with Crippen LogP contribution >= 0.6 is 0 Å². The van der Waals surface area contributed by atoms with Gasteiger partial charge < -0.3 is 88.9 Å². The average Bonchev–Trinajstić information content (AvgIpc) is 3.34. The summed E-state index contributed by atoms with van der Waals surface area (Å²) in [5, 5.41) is 92.7. The van der Waals surface area contributed by atoms with Crippen molar-refractivity contribution in [2.24, 2.45) is 0 Å². The zero-order valence-electron chi connectivity index (χ0n) is 48.3. The van der Waals surface area contributed by atoms with Gasteiger partial charge in [0.2, 0.25) is 0 Å². The van der Waals surface area contributed by atoms with Gasteiger partial charge >= 0.3 is 70.3 Å². The molecule has 3 unspecified atom stereocenters. The smallest absolute Gasteiger partial charge is 0.550 e. The Hall–Kier alpha value is -3.12. The summed E-state index contributed by atoms with van der Waals surface area (Å²) in [6.45, 7) is 6.95. The van der Waals surface area contributed by atoms with Crippen molar-refractivity contribution in [1.82, 2.24) is 0 Å². The Labute approximate surface area is 514 Å². The number of carboxylic acids is 6. The van der Waals surface area contributed by atoms with Gasteiger partial charge in [0.1, 0.15) is 16.8 Å². The first-order chi connectivity index (χ1) is 36.9. The summed E-state index contributed by atoms with van der Waals surface area (Å²) in [6.07, 6.45) is 31.4. The average molecular weight is 1540 g/mol. The van der Waals surface area contributed by atoms with Crippen LogP contribution in [0, 0.1) is 0 Å². The van der Waals surface area contributed by atoms with Gasteiger partial charge in [-0.3, -0.25) is 14.4 Å². The number of carbonyl (C=O) groups is 9. The molecule has 4 radical (unpaired) electrons. The van der Waals surface area contributed by atoms with Crippen LogP contribution in [0.3, 0.4) is 0 Å². The van der Waals surface area contributed by atoms with E-state index in [2.05, 4.69) is 20.8 Å². The number of aliphatic hydroxyl groups is 3. The SMILES string of the molecule is CCCCCCCCCCCCCOC(=O)CC(O)(CC(=O)[O-])C(=O)[O-].CCCCCCCCCCCCCOC(=O)CC(O)(CC(=O)[O-])C(=O)[O-].CCCCCCCCCCCCCOC(=O)CC(O)(CC(=O)[O-])C(=O)[O-].[Bi+3].[Bi+3]. The van der Waals surface area contributed by atoms with Crippen LogP contribution < -0.4 is 30.6 Å². The minimum atomic E-state index is -2.80. The van der Waals surface area contributed by atoms with Gasteiger partial charge in [0.15, 0.2) is 0 Å². The number of esters is 3. The summed E-state index contributed by atoms with van der Waals surface area (Å²) in [6, 6.07) is 0. The molecule has 0 saturated heterocycles. The number of aliphatic carboxylic acids is 6. The fraction of sp³-hybridized carbons (Fsp3) is 0.842. The summed E-state index contributed by atoms with van der Waals surface area (Å²) in [7, 11) is 0. The van der Waals surface area contributed by atoms with E-state index in [1.165, 1.54) is 135 Å². The van der Waals surface area contributed by atoms with Crippen molar-refractivity contribution in [3.05, 3.63) is 0 Å². The largest absolute Gasteiger partial charge is 3.00 e. The maximum Gasteiger partial charge on any atom is 3.00 e. The molecule has 80 heavy (non-hydrogen) atoms. The minimum absolute atomic E-state index is 0. The number of carboxylic acid groups (broad SMARTS) is 6. The third-order valence-electron chi connectivity index (χ3n) is 12.8. The molecular weight excluding hydrogens is 1440 g/mol. The van der Waals surface area contributed by atoms with E-state index in [-0.39, 0.29) is 72.2 Å². The van der Waals surface area contributed by atoms with Crippen molar-refractivity contribution in [1.29, 1.82) is 0 Å². The number of hydrogen-bond acceptors (Lipinski definition) is 21. The molecule has 0 bridgehead atoms. The predicted molar refractivity (Wildman–Crippen MR) is 286 cm³/mol. The Balaban J connectivity index is -0.000000347. The molecule has 0 saturated carbocycles. The molecule has 0 rings (SSSR count). The van der Waals surface area contributed by atoms with Gasteiger partial charge in [0, 0.05) is 37.2 Å². The molecule has 21 nitrogen and oxygen atoms in total. The summed E-state index contributed by atoms with van der Waals surface area (Å²) in [5.41, 5.74) is -8.40. The van der Waals surface area contributed by atoms with Crippen LogP contribution in [0.15, 0.2) is 0 Å². The van der Waals surface area contributed by atoms with Crippen LogP contribution in [0.5, 0.6) is 0 Å². The van der Waals surface area contributed by atoms with Crippen molar-refractivity contribution in [3.63, 3.8) is 0 Å². The molecule has 0 aromatic heterocycles. The Kier molecular flexibility index (Phi) is 60.4. The molecular formula is C57H96Bi2O21. The standard InChI is InChI=1S/3C19H34O7.2Bi/c3*1-2-3-4-5-6-7-8-9-10-11-12-13-26-17(22)15-19(25,18(23)24)14-16(20)21;;/h3*25H,2-15H2,1H3,(H,20,21)(H,23,24);;/q;;;2*+3/p-6. The molecule has 0 aromatic carbocycles. The molecule has 0 aliphatic rings. The zero-order chi connectivity index (χ0) is 59.5. The Morgan fingerprint density at radius 2 is 0.425 bits per heavy atom. The maximum atomic E-state index is 11.5. The first kappa shape index (κ1) is 85.7. The number of unbranched alkanes of at least 4 members (excludes halogenated alkanes) is 30. The molecule has 0 aliphatic carbocycles. The number of carbonyl (C=O) groups excluding carboxylic acids is 9. The summed E-state index contributed by atoms with van der Waals surface area (Å²) >= 11 is 0. The van der Waals surface area contributed by atoms with Gasteiger partial charge in [-0.2, -0.15) is 0 Å². The van der Waals surface area contributed by atoms with E-state index < -0.39 is 109 Å². The van der Waals surface area contributed by atoms with Crippen molar-refractivity contribution < 1.29 is 103 Å². The van der Waals surface area contributed by atoms with Gasteiger partial charge in [-0.15, -0.1) is 0 Å². The number of ether oxygens (including phenoxy) is 3. The molecule has 0 aromatic rings. The Morgan fingerprint density at radius 3 is 0.562 bits per heavy atom. The van der Waals surface area contributed by atoms with E-state index in [4.69, 9.17) is 14.2 Å². The summed E-state index contributed by atoms with van der Waals surface area (Å²) in [5.74, 6) is -14.4. The van der Waals surface area contributed by atoms with Gasteiger partial charge in [0.05, 0.1) is 57.0 Å². The summed E-state index contributed by atoms with van der Waals surface area (Å²) < 4.78 is 14.5. The van der Waals surface area contributed by atoms with Gasteiger partial charge in [-0.25, -0.2) is 0 Å². The normalized spacial score (nSPS) is 12.8. The molecule has 3 atom stereocenters.